The van der Waals surface area contributed by atoms with Crippen molar-refractivity contribution in [1.82, 2.24) is 10.6 Å². The van der Waals surface area contributed by atoms with Crippen LogP contribution in [0.3, 0.4) is 0 Å². The Labute approximate surface area is 151 Å². The molecule has 0 radical (unpaired) electrons. The van der Waals surface area contributed by atoms with Crippen molar-refractivity contribution in [3.63, 3.8) is 0 Å². The number of hydrogen-bond donors (Lipinski definition) is 3. The van der Waals surface area contributed by atoms with Gasteiger partial charge in [-0.25, -0.2) is 0 Å². The average Bonchev–Trinajstić information content (AvgIpc) is 2.55. The zero-order valence-electron chi connectivity index (χ0n) is 13.5. The summed E-state index contributed by atoms with van der Waals surface area (Å²) in [4.78, 5) is 4.31. The van der Waals surface area contributed by atoms with E-state index in [-0.39, 0.29) is 24.0 Å². The maximum absolute atomic E-state index is 4.31. The number of benzene rings is 1. The molecular formula is C17H29IN4. The van der Waals surface area contributed by atoms with Crippen LogP contribution in [-0.2, 0) is 0 Å². The van der Waals surface area contributed by atoms with E-state index >= 15 is 0 Å². The first-order valence-electron chi connectivity index (χ1n) is 8.14. The molecule has 22 heavy (non-hydrogen) atoms. The first-order valence-corrected chi connectivity index (χ1v) is 8.14. The molecule has 0 atom stereocenters. The van der Waals surface area contributed by atoms with Gasteiger partial charge in [0.05, 0.1) is 0 Å². The molecule has 124 valence electrons. The largest absolute Gasteiger partial charge is 0.385 e. The van der Waals surface area contributed by atoms with Crippen molar-refractivity contribution in [2.45, 2.75) is 44.6 Å². The smallest absolute Gasteiger partial charge is 0.191 e. The number of hydrogen-bond acceptors (Lipinski definition) is 2. The molecule has 3 N–H and O–H groups in total. The Hall–Kier alpha value is -0.980. The van der Waals surface area contributed by atoms with Crippen LogP contribution in [0.15, 0.2) is 35.3 Å². The lowest BCUT2D eigenvalue weighted by atomic mass is 9.96. The van der Waals surface area contributed by atoms with Gasteiger partial charge in [-0.2, -0.15) is 0 Å². The molecule has 1 aliphatic carbocycles. The molecule has 0 bridgehead atoms. The molecule has 1 fully saturated rings. The van der Waals surface area contributed by atoms with Gasteiger partial charge in [0.15, 0.2) is 5.96 Å². The van der Waals surface area contributed by atoms with Crippen molar-refractivity contribution >= 4 is 35.6 Å². The van der Waals surface area contributed by atoms with Crippen LogP contribution in [0.2, 0.25) is 0 Å². The Bertz CT molecular complexity index is 416. The third-order valence-electron chi connectivity index (χ3n) is 3.92. The van der Waals surface area contributed by atoms with E-state index in [0.717, 1.165) is 25.5 Å². The van der Waals surface area contributed by atoms with Crippen LogP contribution in [0, 0.1) is 0 Å². The number of rotatable bonds is 6. The molecular weight excluding hydrogens is 387 g/mol. The topological polar surface area (TPSA) is 48.5 Å². The summed E-state index contributed by atoms with van der Waals surface area (Å²) in [5, 5.41) is 10.4. The van der Waals surface area contributed by atoms with Crippen molar-refractivity contribution in [3.05, 3.63) is 30.3 Å². The maximum atomic E-state index is 4.31. The molecule has 4 nitrogen and oxygen atoms in total. The van der Waals surface area contributed by atoms with E-state index in [1.54, 1.807) is 0 Å². The zero-order chi connectivity index (χ0) is 14.8. The number of para-hydroxylation sites is 1. The van der Waals surface area contributed by atoms with E-state index < -0.39 is 0 Å². The SMILES string of the molecule is CN=C(NCCCNc1ccccc1)NC1CCCCC1.I. The van der Waals surface area contributed by atoms with Crippen molar-refractivity contribution < 1.29 is 0 Å². The van der Waals surface area contributed by atoms with Crippen LogP contribution in [0.4, 0.5) is 5.69 Å². The van der Waals surface area contributed by atoms with E-state index in [9.17, 15) is 0 Å². The molecule has 0 amide bonds. The lowest BCUT2D eigenvalue weighted by Crippen LogP contribution is -2.44. The summed E-state index contributed by atoms with van der Waals surface area (Å²) in [5.74, 6) is 0.946. The van der Waals surface area contributed by atoms with Crippen LogP contribution in [-0.4, -0.2) is 32.1 Å². The number of guanidine groups is 1. The Kier molecular flexibility index (Phi) is 10.0. The van der Waals surface area contributed by atoms with E-state index in [2.05, 4.69) is 45.2 Å². The van der Waals surface area contributed by atoms with Gasteiger partial charge in [0.2, 0.25) is 0 Å². The summed E-state index contributed by atoms with van der Waals surface area (Å²) >= 11 is 0. The Morgan fingerprint density at radius 1 is 1.09 bits per heavy atom. The predicted octanol–water partition coefficient (Wildman–Crippen LogP) is 3.60. The highest BCUT2D eigenvalue weighted by Gasteiger charge is 2.13. The van der Waals surface area contributed by atoms with Gasteiger partial charge in [0.25, 0.3) is 0 Å². The van der Waals surface area contributed by atoms with Crippen molar-refractivity contribution in [2.24, 2.45) is 4.99 Å². The summed E-state index contributed by atoms with van der Waals surface area (Å²) in [6, 6.07) is 10.9. The lowest BCUT2D eigenvalue weighted by molar-refractivity contribution is 0.410. The maximum Gasteiger partial charge on any atom is 0.191 e. The van der Waals surface area contributed by atoms with Gasteiger partial charge in [-0.05, 0) is 31.4 Å². The van der Waals surface area contributed by atoms with Crippen LogP contribution in [0.5, 0.6) is 0 Å². The minimum atomic E-state index is 0. The molecule has 2 rings (SSSR count). The highest BCUT2D eigenvalue weighted by atomic mass is 127. The Balaban J connectivity index is 0.00000242. The molecule has 0 spiro atoms. The Morgan fingerprint density at radius 2 is 1.82 bits per heavy atom. The average molecular weight is 416 g/mol. The number of nitrogens with one attached hydrogen (secondary N) is 3. The quantitative estimate of drug-likeness (QED) is 0.288. The number of aliphatic imine (C=N–C) groups is 1. The first-order chi connectivity index (χ1) is 10.4. The normalized spacial score (nSPS) is 15.8. The summed E-state index contributed by atoms with van der Waals surface area (Å²) in [5.41, 5.74) is 1.18. The van der Waals surface area contributed by atoms with Gasteiger partial charge in [0, 0.05) is 31.9 Å². The highest BCUT2D eigenvalue weighted by molar-refractivity contribution is 14.0. The van der Waals surface area contributed by atoms with E-state index in [1.807, 2.05) is 13.1 Å². The number of halogens is 1. The molecule has 0 aromatic heterocycles. The second-order valence-corrected chi connectivity index (χ2v) is 5.62. The van der Waals surface area contributed by atoms with E-state index in [0.29, 0.717) is 6.04 Å². The summed E-state index contributed by atoms with van der Waals surface area (Å²) < 4.78 is 0. The summed E-state index contributed by atoms with van der Waals surface area (Å²) in [6.07, 6.45) is 7.69. The van der Waals surface area contributed by atoms with Crippen LogP contribution in [0.25, 0.3) is 0 Å². The molecule has 0 saturated heterocycles. The monoisotopic (exact) mass is 416 g/mol. The zero-order valence-corrected chi connectivity index (χ0v) is 15.8. The minimum Gasteiger partial charge on any atom is -0.385 e. The molecule has 1 aliphatic rings. The van der Waals surface area contributed by atoms with E-state index in [1.165, 1.54) is 37.8 Å². The predicted molar refractivity (Wildman–Crippen MR) is 106 cm³/mol. The summed E-state index contributed by atoms with van der Waals surface area (Å²) in [6.45, 7) is 1.91. The van der Waals surface area contributed by atoms with Crippen LogP contribution in [0.1, 0.15) is 38.5 Å². The van der Waals surface area contributed by atoms with Gasteiger partial charge in [-0.3, -0.25) is 4.99 Å². The molecule has 1 saturated carbocycles. The fourth-order valence-electron chi connectivity index (χ4n) is 2.72. The van der Waals surface area contributed by atoms with Gasteiger partial charge in [-0.1, -0.05) is 37.5 Å². The first kappa shape index (κ1) is 19.1. The lowest BCUT2D eigenvalue weighted by Gasteiger charge is -2.24. The Morgan fingerprint density at radius 3 is 2.50 bits per heavy atom. The molecule has 1 aromatic rings. The minimum absolute atomic E-state index is 0. The number of nitrogens with zero attached hydrogens (tertiary/aromatic N) is 1. The van der Waals surface area contributed by atoms with Crippen molar-refractivity contribution in [2.75, 3.05) is 25.5 Å². The van der Waals surface area contributed by atoms with Crippen molar-refractivity contribution in [3.8, 4) is 0 Å². The molecule has 5 heteroatoms. The fraction of sp³-hybridized carbons (Fsp3) is 0.588. The fourth-order valence-corrected chi connectivity index (χ4v) is 2.72. The second kappa shape index (κ2) is 11.6. The van der Waals surface area contributed by atoms with E-state index in [4.69, 9.17) is 0 Å². The molecule has 0 aliphatic heterocycles. The van der Waals surface area contributed by atoms with Crippen LogP contribution < -0.4 is 16.0 Å². The second-order valence-electron chi connectivity index (χ2n) is 5.62. The van der Waals surface area contributed by atoms with Gasteiger partial charge in [-0.15, -0.1) is 24.0 Å². The third kappa shape index (κ3) is 7.33. The highest BCUT2D eigenvalue weighted by Crippen LogP contribution is 2.17. The molecule has 0 heterocycles. The van der Waals surface area contributed by atoms with Gasteiger partial charge >= 0.3 is 0 Å². The molecule has 0 unspecified atom stereocenters. The molecule has 1 aromatic carbocycles. The van der Waals surface area contributed by atoms with Crippen LogP contribution >= 0.6 is 24.0 Å². The standard InChI is InChI=1S/C17H28N4.HI/c1-18-17(21-16-11-6-3-7-12-16)20-14-8-13-19-15-9-4-2-5-10-15;/h2,4-5,9-10,16,19H,3,6-8,11-14H2,1H3,(H2,18,20,21);1H. The summed E-state index contributed by atoms with van der Waals surface area (Å²) in [7, 11) is 1.85. The van der Waals surface area contributed by atoms with Crippen molar-refractivity contribution in [1.29, 1.82) is 0 Å². The third-order valence-corrected chi connectivity index (χ3v) is 3.92. The van der Waals surface area contributed by atoms with Gasteiger partial charge in [0.1, 0.15) is 0 Å². The number of anilines is 1. The van der Waals surface area contributed by atoms with Gasteiger partial charge < -0.3 is 16.0 Å².